The minimum Gasteiger partial charge on any atom is -0.508 e. The smallest absolute Gasteiger partial charge is 0.301 e. The summed E-state index contributed by atoms with van der Waals surface area (Å²) in [7, 11) is 2.78. The van der Waals surface area contributed by atoms with Crippen LogP contribution in [0.1, 0.15) is 31.2 Å². The number of benzene rings is 3. The van der Waals surface area contributed by atoms with Crippen LogP contribution in [-0.4, -0.2) is 52.7 Å². The Bertz CT molecular complexity index is 2180. The van der Waals surface area contributed by atoms with Crippen LogP contribution in [0.5, 0.6) is 5.75 Å². The molecule has 4 amide bonds. The second-order valence-electron chi connectivity index (χ2n) is 13.7. The van der Waals surface area contributed by atoms with E-state index in [1.165, 1.54) is 31.1 Å². The summed E-state index contributed by atoms with van der Waals surface area (Å²) < 4.78 is 14.7. The Morgan fingerprint density at radius 1 is 0.923 bits per heavy atom. The Labute approximate surface area is 307 Å². The average molecular weight is 797 g/mol. The van der Waals surface area contributed by atoms with Crippen molar-refractivity contribution in [1.82, 2.24) is 0 Å². The molecule has 2 aliphatic carbocycles. The van der Waals surface area contributed by atoms with Crippen molar-refractivity contribution in [3.8, 4) is 5.75 Å². The van der Waals surface area contributed by atoms with Gasteiger partial charge in [-0.2, -0.15) is 0 Å². The Morgan fingerprint density at radius 3 is 2.17 bits per heavy atom. The van der Waals surface area contributed by atoms with E-state index in [1.807, 2.05) is 0 Å². The predicted octanol–water partition coefficient (Wildman–Crippen LogP) is 6.26. The molecule has 268 valence electrons. The van der Waals surface area contributed by atoms with Crippen LogP contribution in [0.2, 0.25) is 5.02 Å². The van der Waals surface area contributed by atoms with Crippen molar-refractivity contribution in [1.29, 1.82) is 0 Å². The van der Waals surface area contributed by atoms with Crippen LogP contribution >= 0.6 is 27.5 Å². The van der Waals surface area contributed by atoms with Crippen molar-refractivity contribution in [2.24, 2.45) is 29.1 Å². The molecule has 3 aromatic rings. The number of imide groups is 2. The monoisotopic (exact) mass is 795 g/mol. The minimum atomic E-state index is -1.53. The Hall–Kier alpha value is -5.22. The highest BCUT2D eigenvalue weighted by Gasteiger charge is 2.68. The average Bonchev–Trinajstić information content (AvgIpc) is 3.45. The summed E-state index contributed by atoms with van der Waals surface area (Å²) in [6.45, 7) is 1.61. The van der Waals surface area contributed by atoms with E-state index in [2.05, 4.69) is 15.9 Å². The van der Waals surface area contributed by atoms with Crippen LogP contribution in [0, 0.1) is 55.1 Å². The predicted molar refractivity (Wildman–Crippen MR) is 188 cm³/mol. The molecule has 0 radical (unpaired) electrons. The lowest BCUT2D eigenvalue weighted by molar-refractivity contribution is -0.392. The number of anilines is 3. The van der Waals surface area contributed by atoms with Crippen molar-refractivity contribution >= 4 is 79.6 Å². The fraction of sp³-hybridized carbons (Fsp3) is 0.314. The number of hydrogen-bond donors (Lipinski definition) is 1. The number of allylic oxidation sites excluding steroid dienone is 2. The number of nitro benzene ring substituents is 2. The molecule has 4 aliphatic rings. The Kier molecular flexibility index (Phi) is 8.25. The number of phenolic OH excluding ortho intramolecular Hbond substituents is 1. The number of amides is 4. The molecule has 2 aliphatic heterocycles. The standard InChI is InChI=1S/C35H28BrClFN5O9/c1-35-22(32(46)41(34(35)48)16-5-8-24(38)23(37)11-16)14-20-18(29(35)21-10-15(36)4-9-27(21)44)6-7-19-28(20)33(47)40(31(19)45)17-12-25(42(49)50)30(39(2)3)26(13-17)43(51)52/h4-6,8-13,19-20,22,28-29,44H,7,14H2,1-3H3. The molecule has 14 nitrogen and oxygen atoms in total. The number of aromatic hydroxyl groups is 1. The van der Waals surface area contributed by atoms with Gasteiger partial charge in [0.1, 0.15) is 11.6 Å². The molecule has 2 heterocycles. The van der Waals surface area contributed by atoms with Gasteiger partial charge in [-0.3, -0.25) is 39.4 Å². The van der Waals surface area contributed by atoms with Gasteiger partial charge in [-0.05, 0) is 62.1 Å². The van der Waals surface area contributed by atoms with E-state index >= 15 is 0 Å². The molecule has 52 heavy (non-hydrogen) atoms. The van der Waals surface area contributed by atoms with E-state index in [9.17, 15) is 48.9 Å². The highest BCUT2D eigenvalue weighted by atomic mass is 79.9. The van der Waals surface area contributed by atoms with E-state index in [0.29, 0.717) is 10.0 Å². The number of fused-ring (bicyclic) bond motifs is 4. The first-order valence-electron chi connectivity index (χ1n) is 16.0. The number of halogens is 3. The van der Waals surface area contributed by atoms with E-state index in [0.717, 1.165) is 34.1 Å². The molecule has 2 saturated heterocycles. The third-order valence-corrected chi connectivity index (χ3v) is 11.7. The van der Waals surface area contributed by atoms with Crippen molar-refractivity contribution in [2.45, 2.75) is 25.7 Å². The second kappa shape index (κ2) is 12.2. The summed E-state index contributed by atoms with van der Waals surface area (Å²) >= 11 is 9.47. The number of nitro groups is 2. The summed E-state index contributed by atoms with van der Waals surface area (Å²) in [5.41, 5.74) is -2.70. The van der Waals surface area contributed by atoms with Crippen LogP contribution in [0.4, 0.5) is 32.8 Å². The zero-order valence-electron chi connectivity index (χ0n) is 27.6. The number of hydrogen-bond acceptors (Lipinski definition) is 10. The number of nitrogens with zero attached hydrogens (tertiary/aromatic N) is 5. The third kappa shape index (κ3) is 4.94. The Morgan fingerprint density at radius 2 is 1.58 bits per heavy atom. The molecule has 7 rings (SSSR count). The van der Waals surface area contributed by atoms with Crippen LogP contribution in [0.25, 0.3) is 0 Å². The van der Waals surface area contributed by atoms with Crippen molar-refractivity contribution in [2.75, 3.05) is 28.8 Å². The molecule has 1 N–H and O–H groups in total. The largest absolute Gasteiger partial charge is 0.508 e. The van der Waals surface area contributed by atoms with Gasteiger partial charge in [0.15, 0.2) is 5.69 Å². The first-order chi connectivity index (χ1) is 24.5. The quantitative estimate of drug-likeness (QED) is 0.129. The van der Waals surface area contributed by atoms with Gasteiger partial charge in [0.25, 0.3) is 0 Å². The molecular weight excluding hydrogens is 769 g/mol. The first-order valence-corrected chi connectivity index (χ1v) is 17.2. The zero-order chi connectivity index (χ0) is 37.7. The first kappa shape index (κ1) is 35.2. The van der Waals surface area contributed by atoms with Crippen molar-refractivity contribution in [3.05, 3.63) is 101 Å². The Balaban J connectivity index is 1.37. The molecule has 6 unspecified atom stereocenters. The van der Waals surface area contributed by atoms with Gasteiger partial charge in [-0.1, -0.05) is 39.2 Å². The molecule has 3 fully saturated rings. The minimum absolute atomic E-state index is 0.00295. The highest BCUT2D eigenvalue weighted by molar-refractivity contribution is 9.10. The summed E-state index contributed by atoms with van der Waals surface area (Å²) in [5.74, 6) is -8.72. The van der Waals surface area contributed by atoms with Crippen LogP contribution in [0.15, 0.2) is 64.7 Å². The van der Waals surface area contributed by atoms with E-state index in [1.54, 1.807) is 25.1 Å². The maximum absolute atomic E-state index is 14.6. The summed E-state index contributed by atoms with van der Waals surface area (Å²) in [5, 5.41) is 35.1. The lowest BCUT2D eigenvalue weighted by atomic mass is 9.51. The van der Waals surface area contributed by atoms with E-state index in [4.69, 9.17) is 11.6 Å². The highest BCUT2D eigenvalue weighted by Crippen LogP contribution is 2.64. The molecule has 6 atom stereocenters. The molecule has 1 saturated carbocycles. The van der Waals surface area contributed by atoms with E-state index in [-0.39, 0.29) is 46.2 Å². The SMILES string of the molecule is CN(C)c1c([N+](=O)[O-])cc(N2C(=O)C3CC=C4C(CC5C(=O)N(c6ccc(F)c(Cl)c6)C(=O)C5(C)C4c4cc(Br)ccc4O)C3C2=O)cc1[N+](=O)[O-]. The molecule has 0 spiro atoms. The normalized spacial score (nSPS) is 26.6. The second-order valence-corrected chi connectivity index (χ2v) is 15.0. The fourth-order valence-corrected chi connectivity index (χ4v) is 9.25. The molecule has 0 bridgehead atoms. The van der Waals surface area contributed by atoms with Gasteiger partial charge in [-0.25, -0.2) is 14.2 Å². The van der Waals surface area contributed by atoms with Gasteiger partial charge in [-0.15, -0.1) is 0 Å². The fourth-order valence-electron chi connectivity index (χ4n) is 8.70. The number of phenols is 1. The number of carbonyl (C=O) groups is 4. The maximum Gasteiger partial charge on any atom is 0.301 e. The lowest BCUT2D eigenvalue weighted by Gasteiger charge is -2.49. The zero-order valence-corrected chi connectivity index (χ0v) is 29.9. The van der Waals surface area contributed by atoms with Gasteiger partial charge < -0.3 is 10.0 Å². The van der Waals surface area contributed by atoms with Crippen molar-refractivity contribution in [3.63, 3.8) is 0 Å². The molecule has 17 heteroatoms. The lowest BCUT2D eigenvalue weighted by Crippen LogP contribution is -2.48. The topological polar surface area (TPSA) is 185 Å². The summed E-state index contributed by atoms with van der Waals surface area (Å²) in [6.07, 6.45) is 1.67. The van der Waals surface area contributed by atoms with Gasteiger partial charge in [0, 0.05) is 42.2 Å². The summed E-state index contributed by atoms with van der Waals surface area (Å²) in [4.78, 5) is 82.9. The third-order valence-electron chi connectivity index (χ3n) is 10.9. The van der Waals surface area contributed by atoms with Gasteiger partial charge >= 0.3 is 11.4 Å². The molecular formula is C35H28BrClFN5O9. The van der Waals surface area contributed by atoms with Gasteiger partial charge in [0.2, 0.25) is 23.6 Å². The van der Waals surface area contributed by atoms with Crippen molar-refractivity contribution < 1.29 is 38.5 Å². The summed E-state index contributed by atoms with van der Waals surface area (Å²) in [6, 6.07) is 9.99. The van der Waals surface area contributed by atoms with Crippen LogP contribution in [0.3, 0.4) is 0 Å². The maximum atomic E-state index is 14.6. The van der Waals surface area contributed by atoms with Crippen LogP contribution in [-0.2, 0) is 19.2 Å². The number of rotatable bonds is 6. The molecule has 0 aromatic heterocycles. The van der Waals surface area contributed by atoms with Crippen LogP contribution < -0.4 is 14.7 Å². The number of carbonyl (C=O) groups excluding carboxylic acids is 4. The van der Waals surface area contributed by atoms with Gasteiger partial charge in [0.05, 0.1) is 49.4 Å². The molecule has 3 aromatic carbocycles. The van der Waals surface area contributed by atoms with E-state index < -0.39 is 85.7 Å².